The topological polar surface area (TPSA) is 117 Å². The zero-order chi connectivity index (χ0) is 25.9. The largest absolute Gasteiger partial charge is 0.493 e. The molecule has 0 aliphatic carbocycles. The number of amides is 1. The SMILES string of the molecule is CCc1nnc2c(Oc3ccc(NC(=O)c4ccc(OC(C)=O)c(OC)c4)cc3)nc3ccccc3n12. The minimum atomic E-state index is -0.479. The first-order valence-electron chi connectivity index (χ1n) is 11.5. The summed E-state index contributed by atoms with van der Waals surface area (Å²) in [7, 11) is 1.43. The summed E-state index contributed by atoms with van der Waals surface area (Å²) in [6, 6.07) is 19.2. The number of carbonyl (C=O) groups excluding carboxylic acids is 2. The van der Waals surface area contributed by atoms with Crippen LogP contribution in [0.1, 0.15) is 30.0 Å². The number of rotatable bonds is 7. The Bertz CT molecular complexity index is 1630. The molecule has 37 heavy (non-hydrogen) atoms. The van der Waals surface area contributed by atoms with Crippen molar-refractivity contribution in [2.45, 2.75) is 20.3 Å². The van der Waals surface area contributed by atoms with Crippen LogP contribution in [0, 0.1) is 0 Å². The third kappa shape index (κ3) is 4.76. The van der Waals surface area contributed by atoms with Gasteiger partial charge in [0.15, 0.2) is 11.5 Å². The molecule has 0 fully saturated rings. The predicted molar refractivity (Wildman–Crippen MR) is 136 cm³/mol. The van der Waals surface area contributed by atoms with Gasteiger partial charge in [0.1, 0.15) is 11.6 Å². The summed E-state index contributed by atoms with van der Waals surface area (Å²) in [5.41, 5.74) is 3.10. The van der Waals surface area contributed by atoms with Gasteiger partial charge in [-0.25, -0.2) is 4.98 Å². The number of nitrogens with one attached hydrogen (secondary N) is 1. The van der Waals surface area contributed by atoms with E-state index < -0.39 is 5.97 Å². The molecule has 2 aromatic heterocycles. The number of aryl methyl sites for hydroxylation is 1. The molecule has 10 heteroatoms. The Morgan fingerprint density at radius 1 is 0.973 bits per heavy atom. The molecule has 0 saturated heterocycles. The van der Waals surface area contributed by atoms with E-state index in [9.17, 15) is 9.59 Å². The Morgan fingerprint density at radius 3 is 2.49 bits per heavy atom. The van der Waals surface area contributed by atoms with Gasteiger partial charge < -0.3 is 19.5 Å². The van der Waals surface area contributed by atoms with Crippen LogP contribution in [0.25, 0.3) is 16.7 Å². The standard InChI is InChI=1S/C27H23N5O5/c1-4-24-30-31-25-27(29-20-7-5-6-8-21(20)32(24)25)37-19-12-10-18(11-13-19)28-26(34)17-9-14-22(36-16(2)33)23(15-17)35-3/h5-15H,4H2,1-3H3,(H,28,34). The van der Waals surface area contributed by atoms with Crippen LogP contribution < -0.4 is 19.5 Å². The lowest BCUT2D eigenvalue weighted by molar-refractivity contribution is -0.132. The number of nitrogens with zero attached hydrogens (tertiary/aromatic N) is 4. The average Bonchev–Trinajstić information content (AvgIpc) is 3.35. The Kier molecular flexibility index (Phi) is 6.38. The fraction of sp³-hybridized carbons (Fsp3) is 0.148. The second-order valence-electron chi connectivity index (χ2n) is 8.07. The fourth-order valence-corrected chi connectivity index (χ4v) is 3.88. The zero-order valence-electron chi connectivity index (χ0n) is 20.4. The Hall–Kier alpha value is -4.99. The van der Waals surface area contributed by atoms with Crippen LogP contribution in [0.15, 0.2) is 66.7 Å². The molecule has 5 aromatic rings. The highest BCUT2D eigenvalue weighted by Gasteiger charge is 2.16. The summed E-state index contributed by atoms with van der Waals surface area (Å²) < 4.78 is 18.3. The highest BCUT2D eigenvalue weighted by molar-refractivity contribution is 6.04. The molecule has 0 spiro atoms. The number of para-hydroxylation sites is 2. The number of aromatic nitrogens is 4. The molecule has 0 atom stereocenters. The second-order valence-corrected chi connectivity index (χ2v) is 8.07. The molecule has 2 heterocycles. The van der Waals surface area contributed by atoms with Gasteiger partial charge in [0, 0.05) is 24.6 Å². The van der Waals surface area contributed by atoms with Crippen molar-refractivity contribution >= 4 is 34.2 Å². The number of hydrogen-bond donors (Lipinski definition) is 1. The molecule has 0 saturated carbocycles. The Morgan fingerprint density at radius 2 is 1.76 bits per heavy atom. The number of methoxy groups -OCH3 is 1. The summed E-state index contributed by atoms with van der Waals surface area (Å²) in [5, 5.41) is 11.4. The van der Waals surface area contributed by atoms with Gasteiger partial charge in [-0.05, 0) is 54.6 Å². The van der Waals surface area contributed by atoms with E-state index in [2.05, 4.69) is 20.5 Å². The highest BCUT2D eigenvalue weighted by atomic mass is 16.6. The molecule has 0 bridgehead atoms. The molecule has 0 aliphatic rings. The van der Waals surface area contributed by atoms with Crippen LogP contribution in [0.2, 0.25) is 0 Å². The van der Waals surface area contributed by atoms with E-state index in [0.717, 1.165) is 16.9 Å². The lowest BCUT2D eigenvalue weighted by Crippen LogP contribution is -2.12. The minimum absolute atomic E-state index is 0.239. The van der Waals surface area contributed by atoms with Gasteiger partial charge in [0.05, 0.1) is 18.1 Å². The first-order chi connectivity index (χ1) is 18.0. The van der Waals surface area contributed by atoms with E-state index in [1.165, 1.54) is 26.2 Å². The third-order valence-electron chi connectivity index (χ3n) is 5.59. The van der Waals surface area contributed by atoms with Crippen molar-refractivity contribution in [2.75, 3.05) is 12.4 Å². The summed E-state index contributed by atoms with van der Waals surface area (Å²) in [6.45, 7) is 3.31. The van der Waals surface area contributed by atoms with Gasteiger partial charge in [-0.1, -0.05) is 19.1 Å². The van der Waals surface area contributed by atoms with Crippen molar-refractivity contribution in [2.24, 2.45) is 0 Å². The number of carbonyl (C=O) groups is 2. The summed E-state index contributed by atoms with van der Waals surface area (Å²) >= 11 is 0. The molecule has 0 aliphatic heterocycles. The van der Waals surface area contributed by atoms with Gasteiger partial charge in [0.25, 0.3) is 11.8 Å². The normalized spacial score (nSPS) is 10.9. The fourth-order valence-electron chi connectivity index (χ4n) is 3.88. The number of fused-ring (bicyclic) bond motifs is 3. The summed E-state index contributed by atoms with van der Waals surface area (Å²) in [6.07, 6.45) is 0.710. The smallest absolute Gasteiger partial charge is 0.308 e. The van der Waals surface area contributed by atoms with Gasteiger partial charge in [-0.15, -0.1) is 10.2 Å². The molecular formula is C27H23N5O5. The van der Waals surface area contributed by atoms with Crippen LogP contribution in [0.5, 0.6) is 23.1 Å². The Balaban J connectivity index is 1.35. The molecule has 1 amide bonds. The molecule has 5 rings (SSSR count). The van der Waals surface area contributed by atoms with Crippen LogP contribution in [-0.4, -0.2) is 38.6 Å². The van der Waals surface area contributed by atoms with Gasteiger partial charge >= 0.3 is 5.97 Å². The average molecular weight is 498 g/mol. The van der Waals surface area contributed by atoms with Crippen molar-refractivity contribution in [3.63, 3.8) is 0 Å². The van der Waals surface area contributed by atoms with E-state index in [0.29, 0.717) is 34.9 Å². The maximum atomic E-state index is 12.8. The highest BCUT2D eigenvalue weighted by Crippen LogP contribution is 2.30. The minimum Gasteiger partial charge on any atom is -0.493 e. The van der Waals surface area contributed by atoms with Crippen LogP contribution >= 0.6 is 0 Å². The van der Waals surface area contributed by atoms with Crippen molar-refractivity contribution in [3.05, 3.63) is 78.1 Å². The first-order valence-corrected chi connectivity index (χ1v) is 11.5. The second kappa shape index (κ2) is 9.94. The van der Waals surface area contributed by atoms with Gasteiger partial charge in [0.2, 0.25) is 5.65 Å². The maximum Gasteiger partial charge on any atom is 0.308 e. The van der Waals surface area contributed by atoms with E-state index in [1.54, 1.807) is 30.3 Å². The number of anilines is 1. The molecule has 0 radical (unpaired) electrons. The van der Waals surface area contributed by atoms with Crippen molar-refractivity contribution in [1.29, 1.82) is 0 Å². The van der Waals surface area contributed by atoms with E-state index in [4.69, 9.17) is 14.2 Å². The van der Waals surface area contributed by atoms with Gasteiger partial charge in [-0.2, -0.15) is 0 Å². The lowest BCUT2D eigenvalue weighted by Gasteiger charge is -2.11. The number of ether oxygens (including phenoxy) is 3. The molecule has 3 aromatic carbocycles. The van der Waals surface area contributed by atoms with Crippen molar-refractivity contribution < 1.29 is 23.8 Å². The number of esters is 1. The van der Waals surface area contributed by atoms with E-state index in [-0.39, 0.29) is 17.4 Å². The molecule has 1 N–H and O–H groups in total. The number of benzene rings is 3. The number of hydrogen-bond acceptors (Lipinski definition) is 8. The van der Waals surface area contributed by atoms with Crippen molar-refractivity contribution in [1.82, 2.24) is 19.6 Å². The summed E-state index contributed by atoms with van der Waals surface area (Å²) in [4.78, 5) is 28.6. The first kappa shape index (κ1) is 23.7. The van der Waals surface area contributed by atoms with E-state index >= 15 is 0 Å². The molecule has 0 unspecified atom stereocenters. The Labute approximate surface area is 211 Å². The van der Waals surface area contributed by atoms with Crippen LogP contribution in [0.3, 0.4) is 0 Å². The quantitative estimate of drug-likeness (QED) is 0.251. The predicted octanol–water partition coefficient (Wildman–Crippen LogP) is 4.82. The lowest BCUT2D eigenvalue weighted by atomic mass is 10.2. The monoisotopic (exact) mass is 497 g/mol. The van der Waals surface area contributed by atoms with E-state index in [1.807, 2.05) is 35.6 Å². The van der Waals surface area contributed by atoms with Crippen LogP contribution in [0.4, 0.5) is 5.69 Å². The maximum absolute atomic E-state index is 12.8. The third-order valence-corrected chi connectivity index (χ3v) is 5.59. The summed E-state index contributed by atoms with van der Waals surface area (Å²) in [5.74, 6) is 1.36. The molecule has 186 valence electrons. The molecule has 10 nitrogen and oxygen atoms in total. The molecular weight excluding hydrogens is 474 g/mol. The van der Waals surface area contributed by atoms with Crippen LogP contribution in [-0.2, 0) is 11.2 Å². The zero-order valence-corrected chi connectivity index (χ0v) is 20.4. The van der Waals surface area contributed by atoms with Crippen molar-refractivity contribution in [3.8, 4) is 23.1 Å². The van der Waals surface area contributed by atoms with Gasteiger partial charge in [-0.3, -0.25) is 14.0 Å².